The van der Waals surface area contributed by atoms with Gasteiger partial charge in [-0.3, -0.25) is 0 Å². The van der Waals surface area contributed by atoms with Crippen LogP contribution in [-0.4, -0.2) is 11.0 Å². The van der Waals surface area contributed by atoms with E-state index in [0.29, 0.717) is 0 Å². The Morgan fingerprint density at radius 3 is 2.50 bits per heavy atom. The zero-order valence-corrected chi connectivity index (χ0v) is 8.86. The Hall–Kier alpha value is 0.700. The molecule has 1 unspecified atom stereocenters. The molecule has 0 fully saturated rings. The van der Waals surface area contributed by atoms with E-state index in [9.17, 15) is 0 Å². The Bertz CT molecular complexity index is 56.3. The van der Waals surface area contributed by atoms with E-state index in [-0.39, 0.29) is 0 Å². The minimum atomic E-state index is 0.852. The van der Waals surface area contributed by atoms with Crippen molar-refractivity contribution >= 4 is 21.6 Å². The molecule has 0 aromatic rings. The minimum Gasteiger partial charge on any atom is -0.0942 e. The van der Waals surface area contributed by atoms with Crippen LogP contribution in [0.15, 0.2) is 0 Å². The fraction of sp³-hybridized carbons (Fsp3) is 1.00. The summed E-state index contributed by atoms with van der Waals surface area (Å²) in [4.78, 5) is 0. The Morgan fingerprint density at radius 2 is 2.00 bits per heavy atom. The molecular weight excluding hydrogens is 160 g/mol. The molecule has 0 aromatic carbocycles. The third-order valence-electron chi connectivity index (χ3n) is 1.31. The number of rotatable bonds is 6. The summed E-state index contributed by atoms with van der Waals surface area (Å²) in [5, 5.41) is 0.852. The summed E-state index contributed by atoms with van der Waals surface area (Å²) >= 11 is 0. The van der Waals surface area contributed by atoms with Gasteiger partial charge in [-0.2, -0.15) is 0 Å². The van der Waals surface area contributed by atoms with Gasteiger partial charge in [-0.05, 0) is 6.42 Å². The summed E-state index contributed by atoms with van der Waals surface area (Å²) in [6.07, 6.45) is 4.11. The standard InChI is InChI=1S/C8H18S2/c1-4-6-7-8(3)10-9-5-2/h8H,4-7H2,1-3H3. The van der Waals surface area contributed by atoms with E-state index in [2.05, 4.69) is 20.8 Å². The lowest BCUT2D eigenvalue weighted by molar-refractivity contribution is 0.715. The monoisotopic (exact) mass is 178 g/mol. The van der Waals surface area contributed by atoms with Crippen LogP contribution < -0.4 is 0 Å². The van der Waals surface area contributed by atoms with E-state index in [4.69, 9.17) is 0 Å². The smallest absolute Gasteiger partial charge is 0.0123 e. The van der Waals surface area contributed by atoms with Crippen LogP contribution in [0.25, 0.3) is 0 Å². The molecule has 1 atom stereocenters. The first-order valence-corrected chi connectivity index (χ1v) is 6.47. The van der Waals surface area contributed by atoms with E-state index < -0.39 is 0 Å². The largest absolute Gasteiger partial charge is 0.0942 e. The topological polar surface area (TPSA) is 0 Å². The minimum absolute atomic E-state index is 0.852. The molecule has 62 valence electrons. The average Bonchev–Trinajstić information content (AvgIpc) is 1.97. The molecule has 0 rings (SSSR count). The number of hydrogen-bond donors (Lipinski definition) is 0. The van der Waals surface area contributed by atoms with E-state index in [1.807, 2.05) is 21.6 Å². The maximum absolute atomic E-state index is 2.32. The Labute approximate surface area is 72.9 Å². The van der Waals surface area contributed by atoms with Crippen molar-refractivity contribution in [3.05, 3.63) is 0 Å². The van der Waals surface area contributed by atoms with Crippen molar-refractivity contribution in [1.82, 2.24) is 0 Å². The first-order chi connectivity index (χ1) is 4.81. The number of unbranched alkanes of at least 4 members (excludes halogenated alkanes) is 1. The fourth-order valence-corrected chi connectivity index (χ4v) is 2.75. The van der Waals surface area contributed by atoms with Crippen LogP contribution in [0.5, 0.6) is 0 Å². The maximum atomic E-state index is 2.32. The van der Waals surface area contributed by atoms with E-state index in [1.54, 1.807) is 0 Å². The van der Waals surface area contributed by atoms with Gasteiger partial charge in [-0.1, -0.05) is 55.2 Å². The zero-order chi connectivity index (χ0) is 7.82. The van der Waals surface area contributed by atoms with Gasteiger partial charge in [-0.25, -0.2) is 0 Å². The van der Waals surface area contributed by atoms with E-state index in [0.717, 1.165) is 5.25 Å². The van der Waals surface area contributed by atoms with Crippen LogP contribution in [0.1, 0.15) is 40.0 Å². The van der Waals surface area contributed by atoms with Gasteiger partial charge in [0.25, 0.3) is 0 Å². The summed E-state index contributed by atoms with van der Waals surface area (Å²) < 4.78 is 0. The second kappa shape index (κ2) is 7.80. The van der Waals surface area contributed by atoms with Crippen molar-refractivity contribution in [3.63, 3.8) is 0 Å². The molecule has 0 aliphatic heterocycles. The Kier molecular flexibility index (Phi) is 8.35. The van der Waals surface area contributed by atoms with Gasteiger partial charge in [0.1, 0.15) is 0 Å². The third kappa shape index (κ3) is 6.81. The molecule has 0 nitrogen and oxygen atoms in total. The van der Waals surface area contributed by atoms with Crippen molar-refractivity contribution in [2.45, 2.75) is 45.3 Å². The lowest BCUT2D eigenvalue weighted by atomic mass is 10.2. The molecule has 0 saturated carbocycles. The molecule has 0 aromatic heterocycles. The highest BCUT2D eigenvalue weighted by Gasteiger charge is 1.99. The van der Waals surface area contributed by atoms with Crippen LogP contribution in [-0.2, 0) is 0 Å². The van der Waals surface area contributed by atoms with Gasteiger partial charge >= 0.3 is 0 Å². The van der Waals surface area contributed by atoms with Crippen LogP contribution in [0.2, 0.25) is 0 Å². The predicted molar refractivity (Wildman–Crippen MR) is 54.7 cm³/mol. The quantitative estimate of drug-likeness (QED) is 0.565. The second-order valence-corrected chi connectivity index (χ2v) is 5.55. The predicted octanol–water partition coefficient (Wildman–Crippen LogP) is 3.97. The SMILES string of the molecule is CCCCC(C)SSCC. The lowest BCUT2D eigenvalue weighted by Gasteiger charge is -2.07. The van der Waals surface area contributed by atoms with Crippen molar-refractivity contribution in [3.8, 4) is 0 Å². The summed E-state index contributed by atoms with van der Waals surface area (Å²) in [7, 11) is 4.02. The highest BCUT2D eigenvalue weighted by atomic mass is 33.1. The molecule has 0 bridgehead atoms. The summed E-state index contributed by atoms with van der Waals surface area (Å²) in [6.45, 7) is 6.79. The summed E-state index contributed by atoms with van der Waals surface area (Å²) in [6, 6.07) is 0. The highest BCUT2D eigenvalue weighted by Crippen LogP contribution is 2.28. The van der Waals surface area contributed by atoms with Gasteiger partial charge in [0.05, 0.1) is 0 Å². The molecular formula is C8H18S2. The van der Waals surface area contributed by atoms with Gasteiger partial charge in [0.2, 0.25) is 0 Å². The second-order valence-electron chi connectivity index (χ2n) is 2.46. The third-order valence-corrected chi connectivity index (χ3v) is 4.35. The van der Waals surface area contributed by atoms with Crippen molar-refractivity contribution < 1.29 is 0 Å². The van der Waals surface area contributed by atoms with Crippen LogP contribution in [0, 0.1) is 0 Å². The maximum Gasteiger partial charge on any atom is 0.0123 e. The molecule has 0 radical (unpaired) electrons. The molecule has 0 aliphatic rings. The first-order valence-electron chi connectivity index (χ1n) is 4.09. The molecule has 0 spiro atoms. The number of hydrogen-bond acceptors (Lipinski definition) is 2. The summed E-state index contributed by atoms with van der Waals surface area (Å²) in [5.41, 5.74) is 0. The lowest BCUT2D eigenvalue weighted by Crippen LogP contribution is -1.92. The van der Waals surface area contributed by atoms with Gasteiger partial charge < -0.3 is 0 Å². The first kappa shape index (κ1) is 10.7. The van der Waals surface area contributed by atoms with E-state index >= 15 is 0 Å². The molecule has 10 heavy (non-hydrogen) atoms. The molecule has 0 N–H and O–H groups in total. The fourth-order valence-electron chi connectivity index (χ4n) is 0.724. The molecule has 0 saturated heterocycles. The van der Waals surface area contributed by atoms with Crippen LogP contribution >= 0.6 is 21.6 Å². The van der Waals surface area contributed by atoms with Gasteiger partial charge in [-0.15, -0.1) is 0 Å². The molecule has 2 heteroatoms. The normalized spacial score (nSPS) is 13.5. The molecule has 0 aliphatic carbocycles. The van der Waals surface area contributed by atoms with Crippen molar-refractivity contribution in [2.24, 2.45) is 0 Å². The Balaban J connectivity index is 3.00. The Morgan fingerprint density at radius 1 is 1.30 bits per heavy atom. The average molecular weight is 178 g/mol. The molecule has 0 heterocycles. The molecule has 0 amide bonds. The van der Waals surface area contributed by atoms with Crippen LogP contribution in [0.3, 0.4) is 0 Å². The van der Waals surface area contributed by atoms with Crippen molar-refractivity contribution in [2.75, 3.05) is 5.75 Å². The van der Waals surface area contributed by atoms with Crippen molar-refractivity contribution in [1.29, 1.82) is 0 Å². The van der Waals surface area contributed by atoms with E-state index in [1.165, 1.54) is 25.0 Å². The summed E-state index contributed by atoms with van der Waals surface area (Å²) in [5.74, 6) is 1.24. The van der Waals surface area contributed by atoms with Crippen LogP contribution in [0.4, 0.5) is 0 Å². The zero-order valence-electron chi connectivity index (χ0n) is 7.22. The highest BCUT2D eigenvalue weighted by molar-refractivity contribution is 8.76. The van der Waals surface area contributed by atoms with Gasteiger partial charge in [0.15, 0.2) is 0 Å². The van der Waals surface area contributed by atoms with Gasteiger partial charge in [0, 0.05) is 11.0 Å².